The van der Waals surface area contributed by atoms with Gasteiger partial charge in [0.2, 0.25) is 15.9 Å². The number of nitrogens with two attached hydrogens (primary N) is 1. The van der Waals surface area contributed by atoms with Gasteiger partial charge in [0.1, 0.15) is 6.04 Å². The van der Waals surface area contributed by atoms with E-state index in [1.54, 1.807) is 38.1 Å². The molecule has 24 heavy (non-hydrogen) atoms. The molecule has 138 valence electrons. The number of benzene rings is 1. The molecule has 0 aliphatic carbocycles. The van der Waals surface area contributed by atoms with Crippen molar-refractivity contribution in [3.05, 3.63) is 35.4 Å². The Labute approximate surface area is 149 Å². The number of hydrogen-bond donors (Lipinski definition) is 3. The number of ether oxygens (including phenoxy) is 1. The summed E-state index contributed by atoms with van der Waals surface area (Å²) in [5.41, 5.74) is 7.16. The van der Waals surface area contributed by atoms with Gasteiger partial charge >= 0.3 is 0 Å². The third kappa shape index (κ3) is 8.60. The highest BCUT2D eigenvalue weighted by Crippen LogP contribution is 2.08. The summed E-state index contributed by atoms with van der Waals surface area (Å²) in [6.45, 7) is 4.04. The Balaban J connectivity index is 0.00000529. The molecule has 1 aromatic carbocycles. The van der Waals surface area contributed by atoms with Crippen molar-refractivity contribution in [1.29, 1.82) is 0 Å². The molecule has 0 bridgehead atoms. The number of amides is 1. The van der Waals surface area contributed by atoms with Gasteiger partial charge in [-0.2, -0.15) is 0 Å². The average Bonchev–Trinajstić information content (AvgIpc) is 2.44. The summed E-state index contributed by atoms with van der Waals surface area (Å²) in [5, 5.41) is 2.70. The summed E-state index contributed by atoms with van der Waals surface area (Å²) in [5.74, 6) is -0.365. The first-order valence-corrected chi connectivity index (χ1v) is 8.99. The number of carbonyl (C=O) groups excluding carboxylic acids is 1. The molecule has 1 amide bonds. The van der Waals surface area contributed by atoms with E-state index in [1.165, 1.54) is 7.11 Å². The molecule has 0 heterocycles. The molecule has 0 aliphatic rings. The fourth-order valence-electron chi connectivity index (χ4n) is 1.95. The number of rotatable bonds is 9. The van der Waals surface area contributed by atoms with E-state index in [9.17, 15) is 13.2 Å². The first kappa shape index (κ1) is 22.8. The Morgan fingerprint density at radius 1 is 1.21 bits per heavy atom. The molecule has 0 saturated heterocycles. The monoisotopic (exact) mass is 379 g/mol. The number of nitrogens with one attached hydrogen (secondary N) is 2. The number of sulfonamides is 1. The smallest absolute Gasteiger partial charge is 0.239 e. The number of methoxy groups -OCH3 is 1. The minimum atomic E-state index is -3.34. The summed E-state index contributed by atoms with van der Waals surface area (Å²) < 4.78 is 31.1. The molecule has 1 atom stereocenters. The topological polar surface area (TPSA) is 111 Å². The lowest BCUT2D eigenvalue weighted by atomic mass is 10.1. The van der Waals surface area contributed by atoms with Crippen LogP contribution in [0.25, 0.3) is 0 Å². The lowest BCUT2D eigenvalue weighted by Crippen LogP contribution is -2.43. The van der Waals surface area contributed by atoms with Crippen LogP contribution < -0.4 is 15.8 Å². The largest absolute Gasteiger partial charge is 0.383 e. The van der Waals surface area contributed by atoms with E-state index in [0.717, 1.165) is 5.56 Å². The summed E-state index contributed by atoms with van der Waals surface area (Å²) in [7, 11) is -1.86. The first-order valence-electron chi connectivity index (χ1n) is 7.33. The predicted molar refractivity (Wildman–Crippen MR) is 96.3 cm³/mol. The second-order valence-electron chi connectivity index (χ2n) is 5.63. The molecule has 0 saturated carbocycles. The van der Waals surface area contributed by atoms with E-state index in [0.29, 0.717) is 12.1 Å². The van der Waals surface area contributed by atoms with E-state index >= 15 is 0 Å². The zero-order valence-electron chi connectivity index (χ0n) is 14.1. The Kier molecular flexibility index (Phi) is 10.1. The zero-order chi connectivity index (χ0) is 17.5. The van der Waals surface area contributed by atoms with Crippen molar-refractivity contribution in [2.75, 3.05) is 13.7 Å². The van der Waals surface area contributed by atoms with E-state index in [-0.39, 0.29) is 36.7 Å². The van der Waals surface area contributed by atoms with Gasteiger partial charge < -0.3 is 15.8 Å². The van der Waals surface area contributed by atoms with Crippen LogP contribution in [-0.4, -0.2) is 40.1 Å². The Bertz CT molecular complexity index is 606. The average molecular weight is 380 g/mol. The molecule has 1 unspecified atom stereocenters. The summed E-state index contributed by atoms with van der Waals surface area (Å²) in [6, 6.07) is 6.19. The van der Waals surface area contributed by atoms with Crippen LogP contribution in [-0.2, 0) is 31.9 Å². The number of carbonyl (C=O) groups is 1. The van der Waals surface area contributed by atoms with E-state index in [4.69, 9.17) is 10.5 Å². The summed E-state index contributed by atoms with van der Waals surface area (Å²) in [6.07, 6.45) is 0. The van der Waals surface area contributed by atoms with Gasteiger partial charge in [0.25, 0.3) is 0 Å². The quantitative estimate of drug-likeness (QED) is 0.579. The maximum atomic E-state index is 11.9. The number of halogens is 1. The van der Waals surface area contributed by atoms with Gasteiger partial charge in [0, 0.05) is 19.7 Å². The molecule has 0 aromatic heterocycles. The van der Waals surface area contributed by atoms with Crippen molar-refractivity contribution < 1.29 is 17.9 Å². The normalized spacial score (nSPS) is 12.5. The standard InChI is InChI=1S/C15H25N3O4S.ClH/c1-11(2)18-23(20,21)10-13-6-4-12(5-7-13)8-17-15(19)14(16)9-22-3;/h4-7,11,14,18H,8-10,16H2,1-3H3,(H,17,19);1H. The van der Waals surface area contributed by atoms with Crippen molar-refractivity contribution in [1.82, 2.24) is 10.0 Å². The van der Waals surface area contributed by atoms with Gasteiger partial charge in [0.15, 0.2) is 0 Å². The highest BCUT2D eigenvalue weighted by molar-refractivity contribution is 7.88. The summed E-state index contributed by atoms with van der Waals surface area (Å²) >= 11 is 0. The fraction of sp³-hybridized carbons (Fsp3) is 0.533. The Morgan fingerprint density at radius 3 is 2.25 bits per heavy atom. The Hall–Kier alpha value is -1.19. The fourth-order valence-corrected chi connectivity index (χ4v) is 3.38. The van der Waals surface area contributed by atoms with E-state index < -0.39 is 16.1 Å². The second-order valence-corrected chi connectivity index (χ2v) is 7.38. The zero-order valence-corrected chi connectivity index (χ0v) is 15.7. The van der Waals surface area contributed by atoms with Crippen LogP contribution in [0.4, 0.5) is 0 Å². The molecular formula is C15H26ClN3O4S. The second kappa shape index (κ2) is 10.6. The predicted octanol–water partition coefficient (Wildman–Crippen LogP) is 0.526. The molecule has 7 nitrogen and oxygen atoms in total. The van der Waals surface area contributed by atoms with Crippen molar-refractivity contribution >= 4 is 28.3 Å². The van der Waals surface area contributed by atoms with Gasteiger partial charge in [0.05, 0.1) is 12.4 Å². The number of hydrogen-bond acceptors (Lipinski definition) is 5. The van der Waals surface area contributed by atoms with Gasteiger partial charge in [-0.05, 0) is 25.0 Å². The lowest BCUT2D eigenvalue weighted by Gasteiger charge is -2.12. The molecule has 0 radical (unpaired) electrons. The van der Waals surface area contributed by atoms with Crippen molar-refractivity contribution in [3.8, 4) is 0 Å². The van der Waals surface area contributed by atoms with Gasteiger partial charge in [-0.3, -0.25) is 4.79 Å². The van der Waals surface area contributed by atoms with Gasteiger partial charge in [-0.25, -0.2) is 13.1 Å². The molecular weight excluding hydrogens is 354 g/mol. The molecule has 1 rings (SSSR count). The SMILES string of the molecule is COCC(N)C(=O)NCc1ccc(CS(=O)(=O)NC(C)C)cc1.Cl. The molecule has 0 spiro atoms. The maximum Gasteiger partial charge on any atom is 0.239 e. The van der Waals surface area contributed by atoms with Crippen molar-refractivity contribution in [2.24, 2.45) is 5.73 Å². The minimum Gasteiger partial charge on any atom is -0.383 e. The van der Waals surface area contributed by atoms with Crippen LogP contribution in [0.15, 0.2) is 24.3 Å². The highest BCUT2D eigenvalue weighted by atomic mass is 35.5. The molecule has 1 aromatic rings. The van der Waals surface area contributed by atoms with Crippen LogP contribution in [0.3, 0.4) is 0 Å². The lowest BCUT2D eigenvalue weighted by molar-refractivity contribution is -0.123. The van der Waals surface area contributed by atoms with Crippen molar-refractivity contribution in [2.45, 2.75) is 38.2 Å². The maximum absolute atomic E-state index is 11.9. The first-order chi connectivity index (χ1) is 10.7. The van der Waals surface area contributed by atoms with Crippen LogP contribution in [0.5, 0.6) is 0 Å². The van der Waals surface area contributed by atoms with Crippen LogP contribution in [0.2, 0.25) is 0 Å². The van der Waals surface area contributed by atoms with Crippen LogP contribution in [0, 0.1) is 0 Å². The summed E-state index contributed by atoms with van der Waals surface area (Å²) in [4.78, 5) is 11.7. The molecule has 0 aliphatic heterocycles. The molecule has 0 fully saturated rings. The van der Waals surface area contributed by atoms with E-state index in [1.807, 2.05) is 0 Å². The molecule has 9 heteroatoms. The minimum absolute atomic E-state index is 0. The van der Waals surface area contributed by atoms with Gasteiger partial charge in [-0.1, -0.05) is 24.3 Å². The van der Waals surface area contributed by atoms with Gasteiger partial charge in [-0.15, -0.1) is 12.4 Å². The Morgan fingerprint density at radius 2 is 1.75 bits per heavy atom. The van der Waals surface area contributed by atoms with Crippen molar-refractivity contribution in [3.63, 3.8) is 0 Å². The highest BCUT2D eigenvalue weighted by Gasteiger charge is 2.14. The molecule has 4 N–H and O–H groups in total. The van der Waals surface area contributed by atoms with Crippen LogP contribution in [0.1, 0.15) is 25.0 Å². The van der Waals surface area contributed by atoms with Crippen LogP contribution >= 0.6 is 12.4 Å². The third-order valence-electron chi connectivity index (χ3n) is 2.94. The van der Waals surface area contributed by atoms with E-state index in [2.05, 4.69) is 10.0 Å². The third-order valence-corrected chi connectivity index (χ3v) is 4.49.